The monoisotopic (exact) mass is 280 g/mol. The van der Waals surface area contributed by atoms with Crippen LogP contribution in [-0.2, 0) is 6.42 Å². The van der Waals surface area contributed by atoms with Crippen molar-refractivity contribution in [1.29, 1.82) is 0 Å². The molecule has 1 aromatic carbocycles. The second-order valence-corrected chi connectivity index (χ2v) is 5.24. The molecule has 108 valence electrons. The molecule has 0 aliphatic carbocycles. The maximum absolute atomic E-state index is 5.44. The van der Waals surface area contributed by atoms with Gasteiger partial charge in [-0.05, 0) is 31.7 Å². The Hall–Kier alpha value is -2.13. The van der Waals surface area contributed by atoms with Gasteiger partial charge in [0.1, 0.15) is 5.76 Å². The minimum absolute atomic E-state index is 0.238. The summed E-state index contributed by atoms with van der Waals surface area (Å²) in [7, 11) is 0. The zero-order valence-electron chi connectivity index (χ0n) is 12.5. The summed E-state index contributed by atoms with van der Waals surface area (Å²) >= 11 is 0. The van der Waals surface area contributed by atoms with Crippen LogP contribution < -0.4 is 5.32 Å². The molecule has 0 aliphatic rings. The summed E-state index contributed by atoms with van der Waals surface area (Å²) < 4.78 is 5.44. The largest absolute Gasteiger partial charge is 0.469 e. The van der Waals surface area contributed by atoms with Crippen molar-refractivity contribution in [1.82, 2.24) is 10.3 Å². The van der Waals surface area contributed by atoms with E-state index < -0.39 is 0 Å². The number of fused-ring (bicyclic) bond motifs is 1. The molecule has 3 rings (SSSR count). The Morgan fingerprint density at radius 2 is 2.00 bits per heavy atom. The van der Waals surface area contributed by atoms with E-state index in [-0.39, 0.29) is 6.04 Å². The lowest BCUT2D eigenvalue weighted by molar-refractivity contribution is 0.500. The second kappa shape index (κ2) is 6.10. The molecule has 0 amide bonds. The molecule has 0 saturated heterocycles. The maximum atomic E-state index is 5.44. The van der Waals surface area contributed by atoms with Gasteiger partial charge in [0.25, 0.3) is 0 Å². The lowest BCUT2D eigenvalue weighted by Gasteiger charge is -2.17. The molecule has 2 heterocycles. The van der Waals surface area contributed by atoms with Gasteiger partial charge in [0.2, 0.25) is 0 Å². The average Bonchev–Trinajstić information content (AvgIpc) is 2.93. The van der Waals surface area contributed by atoms with Gasteiger partial charge in [0.05, 0.1) is 11.8 Å². The number of benzene rings is 1. The molecular formula is C18H20N2O. The molecule has 1 unspecified atom stereocenters. The van der Waals surface area contributed by atoms with Gasteiger partial charge in [-0.15, -0.1) is 0 Å². The highest BCUT2D eigenvalue weighted by atomic mass is 16.3. The molecule has 0 saturated carbocycles. The first kappa shape index (κ1) is 13.8. The Morgan fingerprint density at radius 3 is 2.76 bits per heavy atom. The summed E-state index contributed by atoms with van der Waals surface area (Å²) in [5.74, 6) is 0.974. The van der Waals surface area contributed by atoms with Crippen LogP contribution in [-0.4, -0.2) is 11.5 Å². The van der Waals surface area contributed by atoms with Gasteiger partial charge in [-0.25, -0.2) is 0 Å². The number of aryl methyl sites for hydroxylation is 1. The van der Waals surface area contributed by atoms with Crippen molar-refractivity contribution >= 4 is 10.9 Å². The second-order valence-electron chi connectivity index (χ2n) is 5.24. The van der Waals surface area contributed by atoms with Gasteiger partial charge in [-0.1, -0.05) is 31.2 Å². The molecule has 3 nitrogen and oxygen atoms in total. The Balaban J connectivity index is 1.89. The number of para-hydroxylation sites is 1. The van der Waals surface area contributed by atoms with Gasteiger partial charge in [0, 0.05) is 29.1 Å². The molecule has 0 spiro atoms. The normalized spacial score (nSPS) is 12.7. The Labute approximate surface area is 125 Å². The number of likely N-dealkylation sites (N-methyl/N-ethyl adjacent to an activating group) is 1. The van der Waals surface area contributed by atoms with E-state index in [2.05, 4.69) is 36.5 Å². The van der Waals surface area contributed by atoms with Crippen LogP contribution in [0.25, 0.3) is 10.9 Å². The third kappa shape index (κ3) is 2.98. The third-order valence-corrected chi connectivity index (χ3v) is 3.79. The fourth-order valence-electron chi connectivity index (χ4n) is 2.73. The zero-order chi connectivity index (χ0) is 14.7. The Bertz CT molecular complexity index is 733. The zero-order valence-corrected chi connectivity index (χ0v) is 12.5. The van der Waals surface area contributed by atoms with Crippen molar-refractivity contribution in [3.63, 3.8) is 0 Å². The molecule has 0 fully saturated rings. The molecule has 21 heavy (non-hydrogen) atoms. The van der Waals surface area contributed by atoms with Gasteiger partial charge < -0.3 is 9.73 Å². The number of nitrogens with zero attached hydrogens (tertiary/aromatic N) is 1. The average molecular weight is 280 g/mol. The number of furan rings is 1. The lowest BCUT2D eigenvalue weighted by Crippen LogP contribution is -2.23. The molecule has 3 heteroatoms. The van der Waals surface area contributed by atoms with Crippen LogP contribution in [0.3, 0.4) is 0 Å². The summed E-state index contributed by atoms with van der Waals surface area (Å²) in [5, 5.41) is 4.70. The number of aromatic nitrogens is 1. The Kier molecular flexibility index (Phi) is 4.02. The van der Waals surface area contributed by atoms with E-state index >= 15 is 0 Å². The number of hydrogen-bond acceptors (Lipinski definition) is 3. The van der Waals surface area contributed by atoms with Crippen LogP contribution >= 0.6 is 0 Å². The van der Waals surface area contributed by atoms with Crippen LogP contribution in [0.5, 0.6) is 0 Å². The van der Waals surface area contributed by atoms with Gasteiger partial charge in [-0.3, -0.25) is 4.98 Å². The summed E-state index contributed by atoms with van der Waals surface area (Å²) in [6, 6.07) is 14.8. The van der Waals surface area contributed by atoms with Crippen molar-refractivity contribution in [3.8, 4) is 0 Å². The summed E-state index contributed by atoms with van der Waals surface area (Å²) in [4.78, 5) is 4.77. The van der Waals surface area contributed by atoms with E-state index in [4.69, 9.17) is 9.40 Å². The molecule has 1 N–H and O–H groups in total. The minimum Gasteiger partial charge on any atom is -0.469 e. The third-order valence-electron chi connectivity index (χ3n) is 3.79. The van der Waals surface area contributed by atoms with Crippen LogP contribution in [0.1, 0.15) is 30.0 Å². The maximum Gasteiger partial charge on any atom is 0.105 e. The highest BCUT2D eigenvalue weighted by molar-refractivity contribution is 5.78. The highest BCUT2D eigenvalue weighted by Gasteiger charge is 2.16. The van der Waals surface area contributed by atoms with Crippen molar-refractivity contribution in [2.24, 2.45) is 0 Å². The molecule has 0 bridgehead atoms. The number of nitrogens with one attached hydrogen (secondary N) is 1. The predicted octanol–water partition coefficient (Wildman–Crippen LogP) is 4.03. The smallest absolute Gasteiger partial charge is 0.105 e. The Morgan fingerprint density at radius 1 is 1.14 bits per heavy atom. The topological polar surface area (TPSA) is 38.1 Å². The number of hydrogen-bond donors (Lipinski definition) is 1. The predicted molar refractivity (Wildman–Crippen MR) is 85.3 cm³/mol. The first-order valence-corrected chi connectivity index (χ1v) is 7.40. The summed E-state index contributed by atoms with van der Waals surface area (Å²) in [5.41, 5.74) is 3.36. The lowest BCUT2D eigenvalue weighted by atomic mass is 10.0. The van der Waals surface area contributed by atoms with Crippen LogP contribution in [0.2, 0.25) is 0 Å². The quantitative estimate of drug-likeness (QED) is 0.766. The van der Waals surface area contributed by atoms with Crippen LogP contribution in [0.15, 0.2) is 53.1 Å². The summed E-state index contributed by atoms with van der Waals surface area (Å²) in [6.45, 7) is 5.05. The van der Waals surface area contributed by atoms with Gasteiger partial charge >= 0.3 is 0 Å². The minimum atomic E-state index is 0.238. The van der Waals surface area contributed by atoms with E-state index in [0.29, 0.717) is 0 Å². The van der Waals surface area contributed by atoms with E-state index in [1.807, 2.05) is 25.1 Å². The fourth-order valence-corrected chi connectivity index (χ4v) is 2.73. The molecule has 0 radical (unpaired) electrons. The molecule has 3 aromatic rings. The molecule has 0 aliphatic heterocycles. The van der Waals surface area contributed by atoms with Crippen molar-refractivity contribution in [2.45, 2.75) is 26.3 Å². The van der Waals surface area contributed by atoms with Gasteiger partial charge in [-0.2, -0.15) is 0 Å². The van der Waals surface area contributed by atoms with Crippen LogP contribution in [0.4, 0.5) is 0 Å². The fraction of sp³-hybridized carbons (Fsp3) is 0.278. The van der Waals surface area contributed by atoms with E-state index in [1.54, 1.807) is 6.26 Å². The van der Waals surface area contributed by atoms with Crippen molar-refractivity contribution < 1.29 is 4.42 Å². The van der Waals surface area contributed by atoms with Crippen molar-refractivity contribution in [3.05, 3.63) is 65.7 Å². The SMILES string of the molecule is CCNC(Cc1ccc2ccccc2n1)c1ccoc1C. The molecule has 2 aromatic heterocycles. The first-order valence-electron chi connectivity index (χ1n) is 7.40. The van der Waals surface area contributed by atoms with E-state index in [9.17, 15) is 0 Å². The number of rotatable bonds is 5. The standard InChI is InChI=1S/C18H20N2O/c1-3-19-18(16-10-11-21-13(16)2)12-15-9-8-14-6-4-5-7-17(14)20-15/h4-11,18-19H,3,12H2,1-2H3. The summed E-state index contributed by atoms with van der Waals surface area (Å²) in [6.07, 6.45) is 2.61. The molecule has 1 atom stereocenters. The van der Waals surface area contributed by atoms with E-state index in [1.165, 1.54) is 10.9 Å². The first-order chi connectivity index (χ1) is 10.3. The van der Waals surface area contributed by atoms with E-state index in [0.717, 1.165) is 29.9 Å². The highest BCUT2D eigenvalue weighted by Crippen LogP contribution is 2.23. The van der Waals surface area contributed by atoms with Crippen molar-refractivity contribution in [2.75, 3.05) is 6.54 Å². The number of pyridine rings is 1. The van der Waals surface area contributed by atoms with Crippen LogP contribution in [0, 0.1) is 6.92 Å². The molecular weight excluding hydrogens is 260 g/mol. The van der Waals surface area contributed by atoms with Gasteiger partial charge in [0.15, 0.2) is 0 Å².